The number of H-pyrrole nitrogens is 1. The molecule has 0 aromatic carbocycles. The predicted octanol–water partition coefficient (Wildman–Crippen LogP) is 2.05. The van der Waals surface area contributed by atoms with Crippen molar-refractivity contribution in [3.8, 4) is 0 Å². The molecule has 1 aromatic rings. The van der Waals surface area contributed by atoms with Gasteiger partial charge >= 0.3 is 7.12 Å². The quantitative estimate of drug-likeness (QED) is 0.776. The summed E-state index contributed by atoms with van der Waals surface area (Å²) in [5.74, 6) is 1.90. The number of nitrogens with zero attached hydrogens (tertiary/aromatic N) is 1. The van der Waals surface area contributed by atoms with Crippen LogP contribution in [0.1, 0.15) is 33.3 Å². The van der Waals surface area contributed by atoms with Crippen molar-refractivity contribution in [2.45, 2.75) is 38.9 Å². The Morgan fingerprint density at radius 3 is 2.38 bits per heavy atom. The van der Waals surface area contributed by atoms with E-state index in [1.165, 1.54) is 0 Å². The number of hydrogen-bond acceptors (Lipinski definition) is 3. The van der Waals surface area contributed by atoms with Gasteiger partial charge in [0, 0.05) is 11.8 Å². The molecule has 1 fully saturated rings. The van der Waals surface area contributed by atoms with Crippen LogP contribution in [0.25, 0.3) is 6.08 Å². The van der Waals surface area contributed by atoms with E-state index in [9.17, 15) is 0 Å². The lowest BCUT2D eigenvalue weighted by Gasteiger charge is -2.32. The standard InChI is InChI=1S/C11H17BN2O2/c1-10(2)11(3,4)16-12(15-10)6-5-9-7-13-14-8-9/h5-8H,1-4H3,(H,13,14). The van der Waals surface area contributed by atoms with Crippen LogP contribution >= 0.6 is 0 Å². The first-order chi connectivity index (χ1) is 7.41. The highest BCUT2D eigenvalue weighted by Gasteiger charge is 2.49. The number of hydrogen-bond donors (Lipinski definition) is 1. The molecule has 1 aliphatic heterocycles. The molecule has 1 aliphatic rings. The van der Waals surface area contributed by atoms with E-state index in [4.69, 9.17) is 9.31 Å². The van der Waals surface area contributed by atoms with E-state index in [0.717, 1.165) is 5.56 Å². The zero-order valence-corrected chi connectivity index (χ0v) is 10.2. The fraction of sp³-hybridized carbons (Fsp3) is 0.545. The summed E-state index contributed by atoms with van der Waals surface area (Å²) in [6.45, 7) is 8.16. The zero-order valence-electron chi connectivity index (χ0n) is 10.2. The van der Waals surface area contributed by atoms with E-state index in [1.54, 1.807) is 6.20 Å². The monoisotopic (exact) mass is 220 g/mol. The highest BCUT2D eigenvalue weighted by atomic mass is 16.7. The van der Waals surface area contributed by atoms with E-state index in [1.807, 2.05) is 45.9 Å². The fourth-order valence-electron chi connectivity index (χ4n) is 1.51. The molecule has 0 aliphatic carbocycles. The van der Waals surface area contributed by atoms with Gasteiger partial charge in [0.15, 0.2) is 0 Å². The first-order valence-corrected chi connectivity index (χ1v) is 5.43. The molecule has 0 atom stereocenters. The Balaban J connectivity index is 2.05. The summed E-state index contributed by atoms with van der Waals surface area (Å²) < 4.78 is 11.6. The number of aromatic nitrogens is 2. The molecule has 86 valence electrons. The van der Waals surface area contributed by atoms with Crippen molar-refractivity contribution in [1.82, 2.24) is 10.2 Å². The Bertz CT molecular complexity index is 369. The van der Waals surface area contributed by atoms with Crippen molar-refractivity contribution >= 4 is 13.2 Å². The summed E-state index contributed by atoms with van der Waals surface area (Å²) in [6, 6.07) is 0. The first kappa shape index (κ1) is 11.4. The average Bonchev–Trinajstić information content (AvgIpc) is 2.70. The third-order valence-corrected chi connectivity index (χ3v) is 3.24. The van der Waals surface area contributed by atoms with Gasteiger partial charge in [0.05, 0.1) is 17.4 Å². The van der Waals surface area contributed by atoms with Crippen LogP contribution in [0.15, 0.2) is 18.4 Å². The fourth-order valence-corrected chi connectivity index (χ4v) is 1.51. The minimum Gasteiger partial charge on any atom is -0.400 e. The molecular weight excluding hydrogens is 203 g/mol. The number of rotatable bonds is 2. The summed E-state index contributed by atoms with van der Waals surface area (Å²) in [5.41, 5.74) is 0.450. The van der Waals surface area contributed by atoms with Crippen LogP contribution in [-0.2, 0) is 9.31 Å². The molecule has 1 saturated heterocycles. The number of aromatic amines is 1. The third-order valence-electron chi connectivity index (χ3n) is 3.24. The molecule has 1 aromatic heterocycles. The van der Waals surface area contributed by atoms with Crippen LogP contribution in [0.5, 0.6) is 0 Å². The van der Waals surface area contributed by atoms with Crippen molar-refractivity contribution < 1.29 is 9.31 Å². The van der Waals surface area contributed by atoms with Crippen LogP contribution in [0.2, 0.25) is 0 Å². The highest BCUT2D eigenvalue weighted by molar-refractivity contribution is 6.52. The molecule has 0 radical (unpaired) electrons. The van der Waals surface area contributed by atoms with E-state index in [2.05, 4.69) is 10.2 Å². The Morgan fingerprint density at radius 2 is 1.88 bits per heavy atom. The maximum Gasteiger partial charge on any atom is 0.487 e. The Kier molecular flexibility index (Phi) is 2.68. The average molecular weight is 220 g/mol. The predicted molar refractivity (Wildman–Crippen MR) is 63.7 cm³/mol. The van der Waals surface area contributed by atoms with E-state index in [0.29, 0.717) is 0 Å². The summed E-state index contributed by atoms with van der Waals surface area (Å²) in [7, 11) is -0.292. The van der Waals surface area contributed by atoms with Gasteiger partial charge in [-0.1, -0.05) is 12.1 Å². The van der Waals surface area contributed by atoms with Crippen molar-refractivity contribution in [3.05, 3.63) is 23.9 Å². The van der Waals surface area contributed by atoms with Gasteiger partial charge in [-0.2, -0.15) is 5.10 Å². The molecule has 1 N–H and O–H groups in total. The molecule has 0 unspecified atom stereocenters. The maximum atomic E-state index is 5.82. The normalized spacial score (nSPS) is 23.1. The van der Waals surface area contributed by atoms with Crippen molar-refractivity contribution in [2.75, 3.05) is 0 Å². The summed E-state index contributed by atoms with van der Waals surface area (Å²) >= 11 is 0. The first-order valence-electron chi connectivity index (χ1n) is 5.43. The van der Waals surface area contributed by atoms with Gasteiger partial charge in [0.25, 0.3) is 0 Å². The molecule has 0 bridgehead atoms. The van der Waals surface area contributed by atoms with Gasteiger partial charge in [-0.15, -0.1) is 0 Å². The van der Waals surface area contributed by atoms with Gasteiger partial charge in [-0.05, 0) is 27.7 Å². The lowest BCUT2D eigenvalue weighted by molar-refractivity contribution is 0.00578. The van der Waals surface area contributed by atoms with E-state index >= 15 is 0 Å². The molecule has 4 nitrogen and oxygen atoms in total. The van der Waals surface area contributed by atoms with Crippen molar-refractivity contribution in [1.29, 1.82) is 0 Å². The minimum absolute atomic E-state index is 0.279. The SMILES string of the molecule is CC1(C)OB(C=Cc2cn[nH]c2)OC1(C)C. The molecule has 2 heterocycles. The van der Waals surface area contributed by atoms with Gasteiger partial charge in [-0.25, -0.2) is 0 Å². The summed E-state index contributed by atoms with van der Waals surface area (Å²) in [5, 5.41) is 6.62. The Labute approximate surface area is 96.2 Å². The molecule has 5 heteroatoms. The maximum absolute atomic E-state index is 5.82. The lowest BCUT2D eigenvalue weighted by atomic mass is 9.89. The lowest BCUT2D eigenvalue weighted by Crippen LogP contribution is -2.41. The van der Waals surface area contributed by atoms with Gasteiger partial charge in [-0.3, -0.25) is 5.10 Å². The van der Waals surface area contributed by atoms with Crippen LogP contribution in [0.4, 0.5) is 0 Å². The summed E-state index contributed by atoms with van der Waals surface area (Å²) in [4.78, 5) is 0. The van der Waals surface area contributed by atoms with Gasteiger partial charge < -0.3 is 9.31 Å². The third kappa shape index (κ3) is 2.06. The Hall–Kier alpha value is -1.07. The molecule has 0 spiro atoms. The molecule has 0 amide bonds. The van der Waals surface area contributed by atoms with E-state index < -0.39 is 0 Å². The van der Waals surface area contributed by atoms with E-state index in [-0.39, 0.29) is 18.3 Å². The zero-order chi connectivity index (χ0) is 11.8. The van der Waals surface area contributed by atoms with Crippen LogP contribution in [0, 0.1) is 0 Å². The molecule has 2 rings (SSSR count). The highest BCUT2D eigenvalue weighted by Crippen LogP contribution is 2.36. The van der Waals surface area contributed by atoms with Gasteiger partial charge in [0.1, 0.15) is 0 Å². The molecule has 16 heavy (non-hydrogen) atoms. The number of nitrogens with one attached hydrogen (secondary N) is 1. The van der Waals surface area contributed by atoms with Crippen LogP contribution < -0.4 is 0 Å². The second kappa shape index (κ2) is 3.75. The smallest absolute Gasteiger partial charge is 0.400 e. The van der Waals surface area contributed by atoms with Crippen LogP contribution in [0.3, 0.4) is 0 Å². The summed E-state index contributed by atoms with van der Waals surface area (Å²) in [6.07, 6.45) is 5.51. The van der Waals surface area contributed by atoms with Gasteiger partial charge in [0.2, 0.25) is 0 Å². The largest absolute Gasteiger partial charge is 0.487 e. The minimum atomic E-state index is -0.292. The molecule has 0 saturated carbocycles. The van der Waals surface area contributed by atoms with Crippen LogP contribution in [-0.4, -0.2) is 28.5 Å². The second-order valence-corrected chi connectivity index (χ2v) is 5.02. The van der Waals surface area contributed by atoms with Crippen molar-refractivity contribution in [2.24, 2.45) is 0 Å². The topological polar surface area (TPSA) is 47.1 Å². The molecular formula is C11H17BN2O2. The second-order valence-electron chi connectivity index (χ2n) is 5.02. The Morgan fingerprint density at radius 1 is 1.25 bits per heavy atom. The van der Waals surface area contributed by atoms with Crippen molar-refractivity contribution in [3.63, 3.8) is 0 Å².